The number of aromatic nitrogens is 1. The van der Waals surface area contributed by atoms with Crippen LogP contribution in [0.5, 0.6) is 5.75 Å². The third kappa shape index (κ3) is 1.95. The number of nitrogens with zero attached hydrogens (tertiary/aromatic N) is 1. The standard InChI is InChI=1S/C15H18N2OS/c1-3-17-15(14-16-8-9-19-14)7-6-11-4-5-12(18-2)10-13(11)15/h4-5,8-10,17H,3,6-7H2,1-2H3. The zero-order valence-electron chi connectivity index (χ0n) is 11.3. The Kier molecular flexibility index (Phi) is 3.29. The van der Waals surface area contributed by atoms with Crippen molar-refractivity contribution in [1.82, 2.24) is 10.3 Å². The number of thiazole rings is 1. The quantitative estimate of drug-likeness (QED) is 0.930. The normalized spacial score (nSPS) is 21.4. The third-order valence-electron chi connectivity index (χ3n) is 3.82. The molecule has 1 N–H and O–H groups in total. The van der Waals surface area contributed by atoms with Gasteiger partial charge in [-0.15, -0.1) is 11.3 Å². The maximum absolute atomic E-state index is 5.38. The molecular formula is C15H18N2OS. The van der Waals surface area contributed by atoms with Gasteiger partial charge in [0, 0.05) is 11.6 Å². The van der Waals surface area contributed by atoms with Crippen LogP contribution in [-0.4, -0.2) is 18.6 Å². The summed E-state index contributed by atoms with van der Waals surface area (Å²) < 4.78 is 5.38. The summed E-state index contributed by atoms with van der Waals surface area (Å²) in [7, 11) is 1.72. The van der Waals surface area contributed by atoms with Crippen LogP contribution in [0.3, 0.4) is 0 Å². The smallest absolute Gasteiger partial charge is 0.119 e. The fourth-order valence-corrected chi connectivity index (χ4v) is 3.83. The summed E-state index contributed by atoms with van der Waals surface area (Å²) >= 11 is 1.72. The molecule has 0 saturated carbocycles. The minimum absolute atomic E-state index is 0.132. The second kappa shape index (κ2) is 4.94. The number of hydrogen-bond donors (Lipinski definition) is 1. The molecule has 0 fully saturated rings. The van der Waals surface area contributed by atoms with E-state index in [1.807, 2.05) is 17.6 Å². The highest BCUT2D eigenvalue weighted by Gasteiger charge is 2.41. The first-order valence-electron chi connectivity index (χ1n) is 6.62. The number of fused-ring (bicyclic) bond motifs is 1. The fourth-order valence-electron chi connectivity index (χ4n) is 2.97. The number of hydrogen-bond acceptors (Lipinski definition) is 4. The monoisotopic (exact) mass is 274 g/mol. The van der Waals surface area contributed by atoms with Crippen molar-refractivity contribution < 1.29 is 4.74 Å². The largest absolute Gasteiger partial charge is 0.497 e. The van der Waals surface area contributed by atoms with E-state index in [-0.39, 0.29) is 5.54 Å². The van der Waals surface area contributed by atoms with Gasteiger partial charge in [-0.2, -0.15) is 0 Å². The Hall–Kier alpha value is -1.39. The summed E-state index contributed by atoms with van der Waals surface area (Å²) in [5.41, 5.74) is 2.59. The van der Waals surface area contributed by atoms with Gasteiger partial charge in [-0.3, -0.25) is 0 Å². The van der Waals surface area contributed by atoms with E-state index in [1.165, 1.54) is 11.1 Å². The number of benzene rings is 1. The lowest BCUT2D eigenvalue weighted by Crippen LogP contribution is -2.41. The summed E-state index contributed by atoms with van der Waals surface area (Å²) in [5.74, 6) is 0.916. The molecule has 3 rings (SSSR count). The van der Waals surface area contributed by atoms with Crippen LogP contribution < -0.4 is 10.1 Å². The highest BCUT2D eigenvalue weighted by Crippen LogP contribution is 2.44. The van der Waals surface area contributed by atoms with Gasteiger partial charge in [-0.1, -0.05) is 13.0 Å². The van der Waals surface area contributed by atoms with Crippen molar-refractivity contribution >= 4 is 11.3 Å². The van der Waals surface area contributed by atoms with E-state index in [1.54, 1.807) is 18.4 Å². The first-order chi connectivity index (χ1) is 9.30. The van der Waals surface area contributed by atoms with Gasteiger partial charge in [-0.05, 0) is 42.6 Å². The van der Waals surface area contributed by atoms with Gasteiger partial charge in [0.2, 0.25) is 0 Å². The summed E-state index contributed by atoms with van der Waals surface area (Å²) in [5, 5.41) is 6.86. The van der Waals surface area contributed by atoms with Crippen LogP contribution in [0.15, 0.2) is 29.8 Å². The molecule has 19 heavy (non-hydrogen) atoms. The van der Waals surface area contributed by atoms with Crippen molar-refractivity contribution in [2.24, 2.45) is 0 Å². The van der Waals surface area contributed by atoms with E-state index in [0.29, 0.717) is 0 Å². The molecule has 4 heteroatoms. The molecule has 1 aliphatic rings. The Bertz CT molecular complexity index is 564. The lowest BCUT2D eigenvalue weighted by Gasteiger charge is -2.29. The molecule has 2 aromatic rings. The van der Waals surface area contributed by atoms with Crippen molar-refractivity contribution in [3.8, 4) is 5.75 Å². The molecule has 0 saturated heterocycles. The molecule has 0 radical (unpaired) electrons. The minimum atomic E-state index is -0.132. The van der Waals surface area contributed by atoms with E-state index in [4.69, 9.17) is 4.74 Å². The Morgan fingerprint density at radius 1 is 1.47 bits per heavy atom. The average Bonchev–Trinajstić information content (AvgIpc) is 3.07. The fraction of sp³-hybridized carbons (Fsp3) is 0.400. The Labute approximate surface area is 117 Å². The van der Waals surface area contributed by atoms with Gasteiger partial charge in [0.15, 0.2) is 0 Å². The Morgan fingerprint density at radius 2 is 2.37 bits per heavy atom. The van der Waals surface area contributed by atoms with E-state index < -0.39 is 0 Å². The molecule has 0 amide bonds. The summed E-state index contributed by atoms with van der Waals surface area (Å²) in [6.07, 6.45) is 4.04. The molecule has 1 unspecified atom stereocenters. The van der Waals surface area contributed by atoms with Gasteiger partial charge in [0.05, 0.1) is 12.6 Å². The molecule has 1 aromatic heterocycles. The number of ether oxygens (including phenoxy) is 1. The summed E-state index contributed by atoms with van der Waals surface area (Å²) in [4.78, 5) is 4.56. The maximum Gasteiger partial charge on any atom is 0.119 e. The Balaban J connectivity index is 2.14. The molecule has 1 heterocycles. The minimum Gasteiger partial charge on any atom is -0.497 e. The number of rotatable bonds is 4. The topological polar surface area (TPSA) is 34.2 Å². The molecule has 1 atom stereocenters. The molecule has 0 spiro atoms. The predicted octanol–water partition coefficient (Wildman–Crippen LogP) is 2.95. The van der Waals surface area contributed by atoms with E-state index in [0.717, 1.165) is 30.1 Å². The van der Waals surface area contributed by atoms with Crippen LogP contribution >= 0.6 is 11.3 Å². The van der Waals surface area contributed by atoms with Gasteiger partial charge in [0.1, 0.15) is 10.8 Å². The zero-order valence-corrected chi connectivity index (χ0v) is 12.1. The maximum atomic E-state index is 5.38. The molecule has 3 nitrogen and oxygen atoms in total. The summed E-state index contributed by atoms with van der Waals surface area (Å²) in [6, 6.07) is 6.38. The van der Waals surface area contributed by atoms with Crippen LogP contribution in [0.25, 0.3) is 0 Å². The van der Waals surface area contributed by atoms with Gasteiger partial charge in [0.25, 0.3) is 0 Å². The highest BCUT2D eigenvalue weighted by molar-refractivity contribution is 7.09. The number of methoxy groups -OCH3 is 1. The van der Waals surface area contributed by atoms with Crippen molar-refractivity contribution in [2.45, 2.75) is 25.3 Å². The van der Waals surface area contributed by atoms with Crippen LogP contribution in [0.2, 0.25) is 0 Å². The van der Waals surface area contributed by atoms with Crippen molar-refractivity contribution in [3.05, 3.63) is 45.9 Å². The second-order valence-electron chi connectivity index (χ2n) is 4.80. The van der Waals surface area contributed by atoms with Gasteiger partial charge < -0.3 is 10.1 Å². The first kappa shape index (κ1) is 12.6. The van der Waals surface area contributed by atoms with Crippen LogP contribution in [-0.2, 0) is 12.0 Å². The highest BCUT2D eigenvalue weighted by atomic mass is 32.1. The van der Waals surface area contributed by atoms with Crippen molar-refractivity contribution in [3.63, 3.8) is 0 Å². The number of aryl methyl sites for hydroxylation is 1. The van der Waals surface area contributed by atoms with E-state index in [9.17, 15) is 0 Å². The van der Waals surface area contributed by atoms with Gasteiger partial charge >= 0.3 is 0 Å². The van der Waals surface area contributed by atoms with Crippen LogP contribution in [0.4, 0.5) is 0 Å². The summed E-state index contributed by atoms with van der Waals surface area (Å²) in [6.45, 7) is 3.07. The van der Waals surface area contributed by atoms with Gasteiger partial charge in [-0.25, -0.2) is 4.98 Å². The molecule has 1 aliphatic carbocycles. The molecule has 0 bridgehead atoms. The lowest BCUT2D eigenvalue weighted by atomic mass is 9.92. The number of nitrogens with one attached hydrogen (secondary N) is 1. The zero-order chi connectivity index (χ0) is 13.3. The molecule has 1 aromatic carbocycles. The van der Waals surface area contributed by atoms with Crippen LogP contribution in [0.1, 0.15) is 29.5 Å². The van der Waals surface area contributed by atoms with Crippen molar-refractivity contribution in [1.29, 1.82) is 0 Å². The predicted molar refractivity (Wildman–Crippen MR) is 77.9 cm³/mol. The first-order valence-corrected chi connectivity index (χ1v) is 7.50. The third-order valence-corrected chi connectivity index (χ3v) is 4.76. The average molecular weight is 274 g/mol. The molecule has 100 valence electrons. The Morgan fingerprint density at radius 3 is 3.05 bits per heavy atom. The van der Waals surface area contributed by atoms with Crippen molar-refractivity contribution in [2.75, 3.05) is 13.7 Å². The molecule has 0 aliphatic heterocycles. The SMILES string of the molecule is CCNC1(c2nccs2)CCc2ccc(OC)cc21. The van der Waals surface area contributed by atoms with E-state index in [2.05, 4.69) is 29.4 Å². The van der Waals surface area contributed by atoms with Crippen LogP contribution in [0, 0.1) is 0 Å². The lowest BCUT2D eigenvalue weighted by molar-refractivity contribution is 0.397. The molecular weight excluding hydrogens is 256 g/mol. The second-order valence-corrected chi connectivity index (χ2v) is 5.69. The van der Waals surface area contributed by atoms with E-state index >= 15 is 0 Å².